The van der Waals surface area contributed by atoms with Crippen molar-refractivity contribution in [2.24, 2.45) is 0 Å². The van der Waals surface area contributed by atoms with Gasteiger partial charge in [-0.3, -0.25) is 13.7 Å². The van der Waals surface area contributed by atoms with Gasteiger partial charge < -0.3 is 4.74 Å². The molecule has 13 aromatic rings. The first kappa shape index (κ1) is 26.1. The van der Waals surface area contributed by atoms with Crippen molar-refractivity contribution in [3.8, 4) is 84.3 Å². The highest BCUT2D eigenvalue weighted by atomic mass is 16.5. The van der Waals surface area contributed by atoms with E-state index in [0.717, 1.165) is 5.39 Å². The van der Waals surface area contributed by atoms with Gasteiger partial charge in [-0.1, -0.05) is 202 Å². The fourth-order valence-corrected chi connectivity index (χ4v) is 9.33. The molecule has 0 aliphatic heterocycles. The smallest absolute Gasteiger partial charge is 0.269 e. The molecule has 5 heteroatoms. The lowest BCUT2D eigenvalue weighted by Gasteiger charge is -2.25. The number of aromatic nitrogens is 4. The van der Waals surface area contributed by atoms with Crippen LogP contribution in [0.3, 0.4) is 0 Å². The second kappa shape index (κ2) is 19.0. The van der Waals surface area contributed by atoms with Crippen LogP contribution in [0, 0.1) is 13.2 Å². The number of para-hydroxylation sites is 3. The monoisotopic (exact) mass is 1000 g/mol. The number of nitrogens with zero attached hydrogens (tertiary/aromatic N) is 4. The molecule has 0 amide bonds. The van der Waals surface area contributed by atoms with Gasteiger partial charge in [0.25, 0.3) is 6.33 Å². The van der Waals surface area contributed by atoms with Crippen molar-refractivity contribution in [1.82, 2.24) is 14.1 Å². The fourth-order valence-electron chi connectivity index (χ4n) is 9.33. The number of pyridine rings is 1. The molecule has 0 aliphatic rings. The highest BCUT2D eigenvalue weighted by molar-refractivity contribution is 6.09. The van der Waals surface area contributed by atoms with E-state index in [1.165, 1.54) is 16.8 Å². The first-order chi connectivity index (χ1) is 48.0. The van der Waals surface area contributed by atoms with Crippen molar-refractivity contribution < 1.29 is 44.9 Å². The summed E-state index contributed by atoms with van der Waals surface area (Å²) in [4.78, 5) is 4.69. The van der Waals surface area contributed by atoms with Crippen molar-refractivity contribution >= 4 is 32.8 Å². The standard InChI is InChI=1S/C71H54N4O/c1-48-38-69(72-46-64(48)52-28-15-8-16-29-52)75-65-33-18-17-32-60(65)61-37-36-59(45-68(61)75)76-58-31-21-30-57(44-58)73-47-74(67-35-20-19-34-66(67)73)70-62(51-26-13-7-14-27-51)42-56(71(2,3)4)43-63(70)55-40-53(49-22-9-5-10-23-49)39-54(41-55)50-24-11-6-12-25-50/h5-46H,1-4H3/i1D3,5D,6D,7D,8D,9D,10D,11D,12D,13D,14D,15D,16D,22D,23D,24D,25D,26D,27D,28D,29D,39D,40D,41D. The third-order valence-corrected chi connectivity index (χ3v) is 12.9. The molecule has 0 N–H and O–H groups in total. The topological polar surface area (TPSA) is 35.9 Å². The fraction of sp³-hybridized carbons (Fsp3) is 0.0704. The third kappa shape index (κ3) is 8.52. The van der Waals surface area contributed by atoms with Gasteiger partial charge >= 0.3 is 0 Å². The van der Waals surface area contributed by atoms with Gasteiger partial charge in [-0.2, -0.15) is 0 Å². The van der Waals surface area contributed by atoms with Crippen LogP contribution in [-0.4, -0.2) is 14.1 Å². The number of aryl methyl sites for hydroxylation is 1. The minimum Gasteiger partial charge on any atom is -0.458 e. The molecular weight excluding hydrogens is 925 g/mol. The molecule has 0 spiro atoms. The number of ether oxygens (including phenoxy) is 1. The summed E-state index contributed by atoms with van der Waals surface area (Å²) < 4.78 is 245. The third-order valence-electron chi connectivity index (χ3n) is 12.9. The van der Waals surface area contributed by atoms with Crippen LogP contribution in [0.4, 0.5) is 0 Å². The zero-order valence-electron chi connectivity index (χ0n) is 66.7. The first-order valence-electron chi connectivity index (χ1n) is 36.9. The second-order valence-electron chi connectivity index (χ2n) is 18.6. The number of imidazole rings is 1. The Labute approximate surface area is 480 Å². The summed E-state index contributed by atoms with van der Waals surface area (Å²) in [5, 5.41) is 1.45. The summed E-state index contributed by atoms with van der Waals surface area (Å²) >= 11 is 0. The summed E-state index contributed by atoms with van der Waals surface area (Å²) in [6.07, 6.45) is 4.59. The molecular formula is C71H54N4O. The second-order valence-corrected chi connectivity index (χ2v) is 18.6. The van der Waals surface area contributed by atoms with Crippen LogP contribution < -0.4 is 9.30 Å². The van der Waals surface area contributed by atoms with E-state index in [2.05, 4.69) is 6.33 Å². The molecule has 0 fully saturated rings. The molecule has 0 saturated carbocycles. The van der Waals surface area contributed by atoms with Gasteiger partial charge in [0.1, 0.15) is 17.3 Å². The van der Waals surface area contributed by atoms with Crippen LogP contribution in [0.1, 0.15) is 67.5 Å². The maximum atomic E-state index is 10.3. The van der Waals surface area contributed by atoms with E-state index in [1.54, 1.807) is 109 Å². The Morgan fingerprint density at radius 3 is 1.74 bits per heavy atom. The molecule has 10 aromatic carbocycles. The Balaban J connectivity index is 1.06. The molecule has 76 heavy (non-hydrogen) atoms. The quantitative estimate of drug-likeness (QED) is 0.101. The average Bonchev–Trinajstić information content (AvgIpc) is 1.07. The van der Waals surface area contributed by atoms with Crippen molar-refractivity contribution in [3.05, 3.63) is 272 Å². The Morgan fingerprint density at radius 2 is 1.08 bits per heavy atom. The van der Waals surface area contributed by atoms with Crippen LogP contribution in [-0.2, 0) is 5.41 Å². The molecule has 0 radical (unpaired) electrons. The molecule has 0 atom stereocenters. The summed E-state index contributed by atoms with van der Waals surface area (Å²) in [6, 6.07) is 12.7. The highest BCUT2D eigenvalue weighted by Gasteiger charge is 2.25. The normalized spacial score (nSPS) is 16.7. The number of hydrogen-bond donors (Lipinski definition) is 0. The van der Waals surface area contributed by atoms with E-state index in [1.807, 2.05) is 24.3 Å². The summed E-state index contributed by atoms with van der Waals surface area (Å²) in [5.74, 6) is 0.648. The molecule has 3 aromatic heterocycles. The summed E-state index contributed by atoms with van der Waals surface area (Å²) in [6.45, 7) is 2.53. The maximum Gasteiger partial charge on any atom is 0.269 e. The van der Waals surface area contributed by atoms with E-state index in [-0.39, 0.29) is 56.4 Å². The largest absolute Gasteiger partial charge is 0.458 e. The molecule has 364 valence electrons. The zero-order valence-corrected chi connectivity index (χ0v) is 40.7. The van der Waals surface area contributed by atoms with Gasteiger partial charge in [0.05, 0.1) is 65.0 Å². The number of rotatable bonds is 10. The Morgan fingerprint density at radius 1 is 0.513 bits per heavy atom. The van der Waals surface area contributed by atoms with Gasteiger partial charge in [0.15, 0.2) is 0 Å². The van der Waals surface area contributed by atoms with Crippen LogP contribution in [0.2, 0.25) is 0 Å². The summed E-state index contributed by atoms with van der Waals surface area (Å²) in [5.41, 5.74) is -3.31. The lowest BCUT2D eigenvalue weighted by molar-refractivity contribution is -0.571. The predicted molar refractivity (Wildman–Crippen MR) is 313 cm³/mol. The lowest BCUT2D eigenvalue weighted by atomic mass is 9.81. The van der Waals surface area contributed by atoms with Gasteiger partial charge in [-0.05, 0) is 134 Å². The maximum absolute atomic E-state index is 10.3. The Kier molecular flexibility index (Phi) is 6.53. The van der Waals surface area contributed by atoms with Crippen LogP contribution >= 0.6 is 0 Å². The Hall–Kier alpha value is -9.58. The Bertz CT molecular complexity index is 5620. The first-order valence-corrected chi connectivity index (χ1v) is 23.9. The van der Waals surface area contributed by atoms with Crippen LogP contribution in [0.25, 0.3) is 106 Å². The molecule has 13 rings (SSSR count). The van der Waals surface area contributed by atoms with Gasteiger partial charge in [-0.25, -0.2) is 4.98 Å². The van der Waals surface area contributed by atoms with Crippen LogP contribution in [0.5, 0.6) is 11.5 Å². The lowest BCUT2D eigenvalue weighted by Crippen LogP contribution is -2.32. The highest BCUT2D eigenvalue weighted by Crippen LogP contribution is 2.42. The summed E-state index contributed by atoms with van der Waals surface area (Å²) in [7, 11) is 0. The molecule has 0 unspecified atom stereocenters. The van der Waals surface area contributed by atoms with Crippen molar-refractivity contribution in [2.45, 2.75) is 33.0 Å². The number of benzene rings is 10. The van der Waals surface area contributed by atoms with E-state index >= 15 is 0 Å². The van der Waals surface area contributed by atoms with Crippen molar-refractivity contribution in [3.63, 3.8) is 0 Å². The van der Waals surface area contributed by atoms with Crippen molar-refractivity contribution in [1.29, 1.82) is 0 Å². The minimum absolute atomic E-state index is 0.0965. The SMILES string of the molecule is [2H]c1c([2H])c([2H])c(-c2cnc(-n3c4ccccc4c4ccc(Oc5cccc(-n6[c-][n+](-c7c(-c8c([2H])c([2H])c([2H])c([2H])c8[2H])cc(C(C)(C)C)cc7-c7c([2H])c(-c8c([2H])c([2H])c([2H])c([2H])c8[2H])c([2H])c(-c8c([2H])c([2H])c([2H])c([2H])c8[2H])c7[2H])c7ccccc76)c5)cc43)cc2C([2H])([2H])[2H])c([2H])c1[2H]. The molecule has 0 bridgehead atoms. The van der Waals surface area contributed by atoms with E-state index in [4.69, 9.17) is 33.0 Å². The van der Waals surface area contributed by atoms with Crippen molar-refractivity contribution in [2.75, 3.05) is 0 Å². The molecule has 0 saturated heterocycles. The van der Waals surface area contributed by atoms with Gasteiger partial charge in [0.2, 0.25) is 0 Å². The van der Waals surface area contributed by atoms with Gasteiger partial charge in [-0.15, -0.1) is 0 Å². The molecule has 3 heterocycles. The van der Waals surface area contributed by atoms with E-state index in [9.17, 15) is 12.3 Å². The number of fused-ring (bicyclic) bond motifs is 4. The minimum atomic E-state index is -2.87. The number of hydrogen-bond acceptors (Lipinski definition) is 2. The van der Waals surface area contributed by atoms with Crippen LogP contribution in [0.15, 0.2) is 254 Å². The average molecular weight is 1010 g/mol. The predicted octanol–water partition coefficient (Wildman–Crippen LogP) is 17.9. The molecule has 0 aliphatic carbocycles. The van der Waals surface area contributed by atoms with E-state index < -0.39 is 179 Å². The van der Waals surface area contributed by atoms with E-state index in [0.29, 0.717) is 38.7 Å². The zero-order chi connectivity index (χ0) is 73.8. The molecule has 5 nitrogen and oxygen atoms in total. The van der Waals surface area contributed by atoms with Gasteiger partial charge in [0, 0.05) is 32.7 Å².